The van der Waals surface area contributed by atoms with Crippen LogP contribution in [0.25, 0.3) is 5.57 Å². The molecule has 3 aliphatic heterocycles. The Morgan fingerprint density at radius 2 is 1.89 bits per heavy atom. The van der Waals surface area contributed by atoms with Crippen molar-refractivity contribution in [2.75, 3.05) is 57.0 Å². The molecule has 2 atom stereocenters. The average Bonchev–Trinajstić information content (AvgIpc) is 3.31. The maximum absolute atomic E-state index is 12.5. The molecule has 2 unspecified atom stereocenters. The van der Waals surface area contributed by atoms with Crippen molar-refractivity contribution in [1.29, 1.82) is 0 Å². The predicted molar refractivity (Wildman–Crippen MR) is 154 cm³/mol. The maximum Gasteiger partial charge on any atom is 0.255 e. The van der Waals surface area contributed by atoms with E-state index in [1.165, 1.54) is 44.6 Å². The lowest BCUT2D eigenvalue weighted by Gasteiger charge is -2.36. The van der Waals surface area contributed by atoms with E-state index in [0.29, 0.717) is 17.2 Å². The second-order valence-electron chi connectivity index (χ2n) is 10.4. The largest absolute Gasteiger partial charge is 0.372 e. The summed E-state index contributed by atoms with van der Waals surface area (Å²) in [5.41, 5.74) is 4.17. The van der Waals surface area contributed by atoms with Gasteiger partial charge in [-0.25, -0.2) is 0 Å². The van der Waals surface area contributed by atoms with Gasteiger partial charge in [0, 0.05) is 58.9 Å². The predicted octanol–water partition coefficient (Wildman–Crippen LogP) is 3.72. The number of halogens is 1. The van der Waals surface area contributed by atoms with Crippen LogP contribution in [0.3, 0.4) is 0 Å². The Hall–Kier alpha value is -2.14. The Morgan fingerprint density at radius 3 is 2.58 bits per heavy atom. The van der Waals surface area contributed by atoms with Crippen molar-refractivity contribution in [2.24, 2.45) is 5.92 Å². The van der Waals surface area contributed by atoms with Crippen molar-refractivity contribution in [3.63, 3.8) is 0 Å². The van der Waals surface area contributed by atoms with Crippen LogP contribution in [0.5, 0.6) is 0 Å². The SMILES string of the molecule is CN1CCC(N(C)CC2CCN(c3ccc(N/C=C4\C(=O)NC(O)c5ccc(I)cc54)cc3)CC2)C1. The molecule has 0 radical (unpaired) electrons. The summed E-state index contributed by atoms with van der Waals surface area (Å²) in [6.45, 7) is 5.82. The highest BCUT2D eigenvalue weighted by Crippen LogP contribution is 2.31. The second kappa shape index (κ2) is 11.1. The van der Waals surface area contributed by atoms with Crippen LogP contribution in [0.4, 0.5) is 11.4 Å². The van der Waals surface area contributed by atoms with Crippen molar-refractivity contribution in [3.8, 4) is 0 Å². The number of carbonyl (C=O) groups is 1. The third-order valence-electron chi connectivity index (χ3n) is 7.88. The van der Waals surface area contributed by atoms with Gasteiger partial charge in [0.05, 0.1) is 5.57 Å². The van der Waals surface area contributed by atoms with Crippen molar-refractivity contribution < 1.29 is 9.90 Å². The molecular formula is C28H36IN5O2. The Morgan fingerprint density at radius 1 is 1.14 bits per heavy atom. The fraction of sp³-hybridized carbons (Fsp3) is 0.464. The van der Waals surface area contributed by atoms with Gasteiger partial charge in [-0.05, 0) is 110 Å². The summed E-state index contributed by atoms with van der Waals surface area (Å²) in [6.07, 6.45) is 4.52. The summed E-state index contributed by atoms with van der Waals surface area (Å²) >= 11 is 2.22. The van der Waals surface area contributed by atoms with Gasteiger partial charge in [0.15, 0.2) is 6.23 Å². The van der Waals surface area contributed by atoms with E-state index in [0.717, 1.165) is 33.8 Å². The minimum atomic E-state index is -0.977. The van der Waals surface area contributed by atoms with Gasteiger partial charge in [-0.15, -0.1) is 0 Å². The first-order valence-corrected chi connectivity index (χ1v) is 13.9. The lowest BCUT2D eigenvalue weighted by atomic mass is 9.95. The molecule has 8 heteroatoms. The highest BCUT2D eigenvalue weighted by atomic mass is 127. The fourth-order valence-electron chi connectivity index (χ4n) is 5.67. The van der Waals surface area contributed by atoms with E-state index in [-0.39, 0.29) is 5.91 Å². The van der Waals surface area contributed by atoms with E-state index in [4.69, 9.17) is 0 Å². The zero-order valence-electron chi connectivity index (χ0n) is 21.1. The number of anilines is 2. The van der Waals surface area contributed by atoms with Crippen LogP contribution in [0, 0.1) is 9.49 Å². The zero-order chi connectivity index (χ0) is 25.2. The molecule has 2 aromatic carbocycles. The number of likely N-dealkylation sites (N-methyl/N-ethyl adjacent to an activating group) is 2. The number of nitrogens with zero attached hydrogens (tertiary/aromatic N) is 3. The van der Waals surface area contributed by atoms with E-state index in [1.807, 2.05) is 18.2 Å². The van der Waals surface area contributed by atoms with Crippen molar-refractivity contribution in [3.05, 3.63) is 63.4 Å². The van der Waals surface area contributed by atoms with E-state index in [9.17, 15) is 9.90 Å². The molecule has 0 saturated carbocycles. The number of aliphatic hydroxyl groups excluding tert-OH is 1. The van der Waals surface area contributed by atoms with E-state index >= 15 is 0 Å². The Balaban J connectivity index is 1.17. The van der Waals surface area contributed by atoms with Crippen LogP contribution in [0.15, 0.2) is 48.7 Å². The number of nitrogens with one attached hydrogen (secondary N) is 2. The van der Waals surface area contributed by atoms with Crippen LogP contribution in [-0.2, 0) is 4.79 Å². The summed E-state index contributed by atoms with van der Waals surface area (Å²) in [7, 11) is 4.53. The normalized spacial score (nSPS) is 24.3. The lowest BCUT2D eigenvalue weighted by molar-refractivity contribution is -0.119. The quantitative estimate of drug-likeness (QED) is 0.347. The van der Waals surface area contributed by atoms with Crippen LogP contribution >= 0.6 is 22.6 Å². The van der Waals surface area contributed by atoms with Crippen molar-refractivity contribution in [2.45, 2.75) is 31.5 Å². The summed E-state index contributed by atoms with van der Waals surface area (Å²) in [5, 5.41) is 16.1. The first-order valence-electron chi connectivity index (χ1n) is 12.9. The molecule has 0 spiro atoms. The Bertz CT molecular complexity index is 1110. The van der Waals surface area contributed by atoms with Gasteiger partial charge < -0.3 is 30.4 Å². The first kappa shape index (κ1) is 25.5. The Labute approximate surface area is 227 Å². The van der Waals surface area contributed by atoms with Crippen molar-refractivity contribution in [1.82, 2.24) is 15.1 Å². The van der Waals surface area contributed by atoms with Crippen LogP contribution in [-0.4, -0.2) is 73.7 Å². The third kappa shape index (κ3) is 5.72. The van der Waals surface area contributed by atoms with Gasteiger partial charge in [-0.3, -0.25) is 4.79 Å². The molecule has 3 heterocycles. The molecule has 0 aromatic heterocycles. The van der Waals surface area contributed by atoms with Gasteiger partial charge in [0.2, 0.25) is 0 Å². The Kier molecular flexibility index (Phi) is 7.85. The average molecular weight is 602 g/mol. The summed E-state index contributed by atoms with van der Waals surface area (Å²) in [5.74, 6) is 0.491. The molecule has 0 bridgehead atoms. The molecule has 3 N–H and O–H groups in total. The third-order valence-corrected chi connectivity index (χ3v) is 8.55. The number of fused-ring (bicyclic) bond motifs is 1. The first-order chi connectivity index (χ1) is 17.4. The summed E-state index contributed by atoms with van der Waals surface area (Å²) in [4.78, 5) is 20.1. The molecule has 2 saturated heterocycles. The smallest absolute Gasteiger partial charge is 0.255 e. The summed E-state index contributed by atoms with van der Waals surface area (Å²) < 4.78 is 1.02. The van der Waals surface area contributed by atoms with Gasteiger partial charge in [-0.1, -0.05) is 6.07 Å². The van der Waals surface area contributed by atoms with Crippen LogP contribution in [0.2, 0.25) is 0 Å². The monoisotopic (exact) mass is 601 g/mol. The number of rotatable bonds is 6. The highest BCUT2D eigenvalue weighted by molar-refractivity contribution is 14.1. The number of aliphatic hydroxyl groups is 1. The topological polar surface area (TPSA) is 71.1 Å². The molecule has 3 aliphatic rings. The minimum absolute atomic E-state index is 0.283. The number of carbonyl (C=O) groups excluding carboxylic acids is 1. The lowest BCUT2D eigenvalue weighted by Crippen LogP contribution is -2.41. The molecule has 1 amide bonds. The van der Waals surface area contributed by atoms with E-state index in [2.05, 4.69) is 86.3 Å². The van der Waals surface area contributed by atoms with Gasteiger partial charge in [-0.2, -0.15) is 0 Å². The van der Waals surface area contributed by atoms with Crippen molar-refractivity contribution >= 4 is 45.4 Å². The molecule has 2 fully saturated rings. The van der Waals surface area contributed by atoms with Gasteiger partial charge in [0.1, 0.15) is 0 Å². The second-order valence-corrected chi connectivity index (χ2v) is 11.7. The van der Waals surface area contributed by atoms with Crippen LogP contribution < -0.4 is 15.5 Å². The number of hydrogen-bond acceptors (Lipinski definition) is 6. The number of amides is 1. The number of hydrogen-bond donors (Lipinski definition) is 3. The highest BCUT2D eigenvalue weighted by Gasteiger charge is 2.28. The maximum atomic E-state index is 12.5. The van der Waals surface area contributed by atoms with Crippen LogP contribution in [0.1, 0.15) is 36.6 Å². The molecule has 2 aromatic rings. The number of benzene rings is 2. The fourth-order valence-corrected chi connectivity index (χ4v) is 6.16. The molecule has 0 aliphatic carbocycles. The van der Waals surface area contributed by atoms with E-state index < -0.39 is 6.23 Å². The standard InChI is InChI=1S/C28H36IN5O2/c1-32-12-11-23(18-32)33(2)17-19-9-13-34(14-10-19)22-6-4-21(5-7-22)30-16-26-25-15-20(29)3-8-24(25)27(35)31-28(26)36/h3-8,15-16,19,23,27,30,35H,9-14,17-18H2,1-2H3,(H,31,36)/b26-16-. The number of likely N-dealkylation sites (tertiary alicyclic amines) is 1. The molecule has 192 valence electrons. The molecule has 5 rings (SSSR count). The number of piperidine rings is 1. The molecule has 7 nitrogen and oxygen atoms in total. The molecular weight excluding hydrogens is 565 g/mol. The van der Waals surface area contributed by atoms with E-state index in [1.54, 1.807) is 6.20 Å². The molecule has 36 heavy (non-hydrogen) atoms. The van der Waals surface area contributed by atoms with Gasteiger partial charge >= 0.3 is 0 Å². The van der Waals surface area contributed by atoms with Gasteiger partial charge in [0.25, 0.3) is 5.91 Å². The minimum Gasteiger partial charge on any atom is -0.372 e. The zero-order valence-corrected chi connectivity index (χ0v) is 23.2. The summed E-state index contributed by atoms with van der Waals surface area (Å²) in [6, 6.07) is 14.9.